The molecule has 0 amide bonds. The molecule has 1 aliphatic rings. The van der Waals surface area contributed by atoms with Crippen molar-refractivity contribution in [3.8, 4) is 0 Å². The van der Waals surface area contributed by atoms with Crippen LogP contribution < -0.4 is 5.56 Å². The molecule has 0 saturated carbocycles. The maximum absolute atomic E-state index is 13.0. The minimum absolute atomic E-state index is 0.139. The zero-order chi connectivity index (χ0) is 16.7. The summed E-state index contributed by atoms with van der Waals surface area (Å²) in [5, 5.41) is 12.7. The van der Waals surface area contributed by atoms with E-state index < -0.39 is 6.10 Å². The second-order valence-electron chi connectivity index (χ2n) is 6.07. The van der Waals surface area contributed by atoms with Gasteiger partial charge in [-0.1, -0.05) is 36.9 Å². The number of nitrogens with zero attached hydrogens (tertiary/aromatic N) is 2. The average molecular weight is 322 g/mol. The third-order valence-electron chi connectivity index (χ3n) is 4.69. The molecule has 2 aromatic carbocycles. The first kappa shape index (κ1) is 15.1. The van der Waals surface area contributed by atoms with Gasteiger partial charge in [-0.3, -0.25) is 9.36 Å². The molecule has 0 spiro atoms. The van der Waals surface area contributed by atoms with Crippen LogP contribution in [0, 0.1) is 0 Å². The minimum Gasteiger partial charge on any atom is -0.389 e. The molecule has 3 aromatic rings. The Balaban J connectivity index is 2.01. The van der Waals surface area contributed by atoms with Crippen molar-refractivity contribution in [3.05, 3.63) is 59.2 Å². The van der Waals surface area contributed by atoms with Crippen LogP contribution in [-0.2, 0) is 4.74 Å². The molecule has 2 atom stereocenters. The summed E-state index contributed by atoms with van der Waals surface area (Å²) in [4.78, 5) is 17.6. The molecule has 4 rings (SSSR count). The Bertz CT molecular complexity index is 993. The summed E-state index contributed by atoms with van der Waals surface area (Å²) in [7, 11) is 0. The highest BCUT2D eigenvalue weighted by molar-refractivity contribution is 6.08. The molecular formula is C19H18N2O3. The molecule has 24 heavy (non-hydrogen) atoms. The van der Waals surface area contributed by atoms with Crippen LogP contribution in [0.4, 0.5) is 0 Å². The fraction of sp³-hybridized carbons (Fsp3) is 0.263. The second kappa shape index (κ2) is 5.85. The van der Waals surface area contributed by atoms with Gasteiger partial charge in [-0.15, -0.1) is 0 Å². The first-order chi connectivity index (χ1) is 11.7. The standard InChI is InChI=1S/C19H18N2O3/c1-2-12-9-15-18(14-6-4-3-5-13(12)14)20-11-21(19(15)23)16-7-8-24-10-17(16)22/h2-6,9,11,16-17,22H,1,7-8,10H2/t16-,17-/m0/s1. The average Bonchev–Trinajstić information content (AvgIpc) is 2.62. The van der Waals surface area contributed by atoms with Crippen molar-refractivity contribution in [1.82, 2.24) is 9.55 Å². The Morgan fingerprint density at radius 3 is 2.83 bits per heavy atom. The van der Waals surface area contributed by atoms with Gasteiger partial charge < -0.3 is 9.84 Å². The molecule has 5 heteroatoms. The smallest absolute Gasteiger partial charge is 0.261 e. The van der Waals surface area contributed by atoms with Crippen molar-refractivity contribution in [2.24, 2.45) is 0 Å². The third-order valence-corrected chi connectivity index (χ3v) is 4.69. The molecule has 122 valence electrons. The largest absolute Gasteiger partial charge is 0.389 e. The molecule has 0 unspecified atom stereocenters. The number of aliphatic hydroxyl groups excluding tert-OH is 1. The Morgan fingerprint density at radius 2 is 2.08 bits per heavy atom. The summed E-state index contributed by atoms with van der Waals surface area (Å²) in [5.41, 5.74) is 1.45. The van der Waals surface area contributed by atoms with Gasteiger partial charge in [-0.25, -0.2) is 4.98 Å². The van der Waals surface area contributed by atoms with E-state index in [9.17, 15) is 9.90 Å². The van der Waals surface area contributed by atoms with Gasteiger partial charge in [0.2, 0.25) is 0 Å². The van der Waals surface area contributed by atoms with Gasteiger partial charge in [0.15, 0.2) is 0 Å². The predicted octanol–water partition coefficient (Wildman–Crippen LogP) is 2.52. The van der Waals surface area contributed by atoms with Crippen LogP contribution >= 0.6 is 0 Å². The Labute approximate surface area is 138 Å². The van der Waals surface area contributed by atoms with Crippen LogP contribution in [-0.4, -0.2) is 34.0 Å². The molecular weight excluding hydrogens is 304 g/mol. The van der Waals surface area contributed by atoms with Gasteiger partial charge in [-0.2, -0.15) is 0 Å². The van der Waals surface area contributed by atoms with E-state index in [1.165, 1.54) is 4.57 Å². The van der Waals surface area contributed by atoms with Crippen molar-refractivity contribution in [2.45, 2.75) is 18.6 Å². The first-order valence-electron chi connectivity index (χ1n) is 8.01. The molecule has 0 radical (unpaired) electrons. The van der Waals surface area contributed by atoms with Gasteiger partial charge in [0.25, 0.3) is 5.56 Å². The van der Waals surface area contributed by atoms with E-state index in [-0.39, 0.29) is 18.2 Å². The molecule has 0 aliphatic carbocycles. The van der Waals surface area contributed by atoms with E-state index in [1.54, 1.807) is 12.4 Å². The quantitative estimate of drug-likeness (QED) is 0.736. The lowest BCUT2D eigenvalue weighted by Crippen LogP contribution is -2.39. The van der Waals surface area contributed by atoms with E-state index in [2.05, 4.69) is 11.6 Å². The molecule has 1 aromatic heterocycles. The number of benzene rings is 2. The predicted molar refractivity (Wildman–Crippen MR) is 94.1 cm³/mol. The Kier molecular flexibility index (Phi) is 3.67. The van der Waals surface area contributed by atoms with Crippen LogP contribution in [0.1, 0.15) is 18.0 Å². The number of ether oxygens (including phenoxy) is 1. The first-order valence-corrected chi connectivity index (χ1v) is 8.01. The normalized spacial score (nSPS) is 21.2. The van der Waals surface area contributed by atoms with Crippen molar-refractivity contribution < 1.29 is 9.84 Å². The van der Waals surface area contributed by atoms with E-state index in [0.29, 0.717) is 23.9 Å². The van der Waals surface area contributed by atoms with Crippen LogP contribution in [0.5, 0.6) is 0 Å². The van der Waals surface area contributed by atoms with Crippen molar-refractivity contribution in [1.29, 1.82) is 0 Å². The highest BCUT2D eigenvalue weighted by Crippen LogP contribution is 2.27. The van der Waals surface area contributed by atoms with Crippen LogP contribution in [0.15, 0.2) is 48.0 Å². The summed E-state index contributed by atoms with van der Waals surface area (Å²) < 4.78 is 6.79. The Morgan fingerprint density at radius 1 is 1.29 bits per heavy atom. The summed E-state index contributed by atoms with van der Waals surface area (Å²) in [6, 6.07) is 9.39. The molecule has 1 saturated heterocycles. The summed E-state index contributed by atoms with van der Waals surface area (Å²) in [6.45, 7) is 4.63. The van der Waals surface area contributed by atoms with Crippen molar-refractivity contribution in [2.75, 3.05) is 13.2 Å². The second-order valence-corrected chi connectivity index (χ2v) is 6.07. The zero-order valence-electron chi connectivity index (χ0n) is 13.2. The van der Waals surface area contributed by atoms with Gasteiger partial charge in [0.1, 0.15) is 0 Å². The third kappa shape index (κ3) is 2.25. The number of rotatable bonds is 2. The highest BCUT2D eigenvalue weighted by Gasteiger charge is 2.26. The lowest BCUT2D eigenvalue weighted by molar-refractivity contribution is -0.0395. The zero-order valence-corrected chi connectivity index (χ0v) is 13.2. The number of aromatic nitrogens is 2. The van der Waals surface area contributed by atoms with Crippen LogP contribution in [0.25, 0.3) is 27.8 Å². The lowest BCUT2D eigenvalue weighted by atomic mass is 10.0. The lowest BCUT2D eigenvalue weighted by Gasteiger charge is -2.29. The fourth-order valence-electron chi connectivity index (χ4n) is 3.44. The maximum Gasteiger partial charge on any atom is 0.261 e. The summed E-state index contributed by atoms with van der Waals surface area (Å²) in [5.74, 6) is 0. The van der Waals surface area contributed by atoms with Crippen molar-refractivity contribution >= 4 is 27.8 Å². The van der Waals surface area contributed by atoms with E-state index in [4.69, 9.17) is 4.74 Å². The molecule has 1 aliphatic heterocycles. The fourth-order valence-corrected chi connectivity index (χ4v) is 3.44. The molecule has 1 N–H and O–H groups in total. The van der Waals surface area contributed by atoms with Crippen LogP contribution in [0.2, 0.25) is 0 Å². The Hall–Kier alpha value is -2.50. The SMILES string of the molecule is C=Cc1cc2c(=O)n([C@H]3CCOC[C@@H]3O)cnc2c2ccccc12. The summed E-state index contributed by atoms with van der Waals surface area (Å²) >= 11 is 0. The molecule has 1 fully saturated rings. The van der Waals surface area contributed by atoms with E-state index in [0.717, 1.165) is 16.3 Å². The molecule has 2 heterocycles. The van der Waals surface area contributed by atoms with Gasteiger partial charge in [0.05, 0.1) is 36.0 Å². The van der Waals surface area contributed by atoms with Gasteiger partial charge in [0, 0.05) is 12.0 Å². The topological polar surface area (TPSA) is 64.3 Å². The minimum atomic E-state index is -0.699. The molecule has 0 bridgehead atoms. The van der Waals surface area contributed by atoms with E-state index in [1.807, 2.05) is 30.3 Å². The monoisotopic (exact) mass is 322 g/mol. The van der Waals surface area contributed by atoms with E-state index >= 15 is 0 Å². The van der Waals surface area contributed by atoms with Gasteiger partial charge >= 0.3 is 0 Å². The number of hydrogen-bond acceptors (Lipinski definition) is 4. The summed E-state index contributed by atoms with van der Waals surface area (Å²) in [6.07, 6.45) is 3.19. The van der Waals surface area contributed by atoms with Gasteiger partial charge in [-0.05, 0) is 23.4 Å². The maximum atomic E-state index is 13.0. The molecule has 5 nitrogen and oxygen atoms in total. The number of aliphatic hydroxyl groups is 1. The van der Waals surface area contributed by atoms with Crippen LogP contribution in [0.3, 0.4) is 0 Å². The highest BCUT2D eigenvalue weighted by atomic mass is 16.5. The number of hydrogen-bond donors (Lipinski definition) is 1. The van der Waals surface area contributed by atoms with Crippen molar-refractivity contribution in [3.63, 3.8) is 0 Å². The number of fused-ring (bicyclic) bond motifs is 3.